The summed E-state index contributed by atoms with van der Waals surface area (Å²) < 4.78 is 0. The minimum Gasteiger partial charge on any atom is -0.271 e. The number of hydrogen-bond donors (Lipinski definition) is 2. The standard InChI is InChI=1S/C11H13ClN2S2/c12-9-4-6-16-11(9)10(14-13)2-1-8-3-5-15-7-8/h3-7,10,14H,1-2,13H2. The zero-order valence-corrected chi connectivity index (χ0v) is 11.0. The number of halogens is 1. The number of nitrogens with one attached hydrogen (secondary N) is 1. The van der Waals surface area contributed by atoms with Crippen LogP contribution in [-0.2, 0) is 6.42 Å². The average molecular weight is 273 g/mol. The fourth-order valence-corrected chi connectivity index (χ4v) is 3.58. The third-order valence-corrected chi connectivity index (χ3v) is 4.67. The molecule has 0 aliphatic rings. The maximum atomic E-state index is 6.09. The van der Waals surface area contributed by atoms with Crippen LogP contribution in [0.2, 0.25) is 5.02 Å². The lowest BCUT2D eigenvalue weighted by molar-refractivity contribution is 0.524. The lowest BCUT2D eigenvalue weighted by Crippen LogP contribution is -2.27. The van der Waals surface area contributed by atoms with Gasteiger partial charge in [-0.15, -0.1) is 11.3 Å². The highest BCUT2D eigenvalue weighted by atomic mass is 35.5. The molecule has 0 radical (unpaired) electrons. The Balaban J connectivity index is 1.99. The molecule has 16 heavy (non-hydrogen) atoms. The van der Waals surface area contributed by atoms with Gasteiger partial charge in [-0.05, 0) is 46.7 Å². The minimum absolute atomic E-state index is 0.146. The second kappa shape index (κ2) is 5.80. The van der Waals surface area contributed by atoms with Crippen LogP contribution >= 0.6 is 34.3 Å². The molecule has 0 amide bonds. The largest absolute Gasteiger partial charge is 0.271 e. The molecule has 0 spiro atoms. The smallest absolute Gasteiger partial charge is 0.0571 e. The molecule has 0 aliphatic heterocycles. The number of aryl methyl sites for hydroxylation is 1. The van der Waals surface area contributed by atoms with Gasteiger partial charge in [-0.3, -0.25) is 11.3 Å². The summed E-state index contributed by atoms with van der Waals surface area (Å²) in [6.45, 7) is 0. The van der Waals surface area contributed by atoms with Gasteiger partial charge in [0.25, 0.3) is 0 Å². The number of thiophene rings is 2. The van der Waals surface area contributed by atoms with E-state index in [2.05, 4.69) is 22.3 Å². The molecule has 0 saturated heterocycles. The van der Waals surface area contributed by atoms with Crippen LogP contribution in [0.25, 0.3) is 0 Å². The van der Waals surface area contributed by atoms with E-state index < -0.39 is 0 Å². The van der Waals surface area contributed by atoms with Crippen molar-refractivity contribution in [3.05, 3.63) is 43.7 Å². The predicted octanol–water partition coefficient (Wildman–Crippen LogP) is 3.60. The van der Waals surface area contributed by atoms with E-state index >= 15 is 0 Å². The molecule has 0 saturated carbocycles. The quantitative estimate of drug-likeness (QED) is 0.645. The maximum Gasteiger partial charge on any atom is 0.0571 e. The third kappa shape index (κ3) is 2.84. The van der Waals surface area contributed by atoms with E-state index in [0.717, 1.165) is 22.7 Å². The van der Waals surface area contributed by atoms with Gasteiger partial charge in [-0.2, -0.15) is 11.3 Å². The van der Waals surface area contributed by atoms with Crippen LogP contribution in [0, 0.1) is 0 Å². The van der Waals surface area contributed by atoms with Crippen molar-refractivity contribution in [2.75, 3.05) is 0 Å². The average Bonchev–Trinajstić information content (AvgIpc) is 2.92. The van der Waals surface area contributed by atoms with E-state index in [1.54, 1.807) is 22.7 Å². The van der Waals surface area contributed by atoms with Gasteiger partial charge in [-0.25, -0.2) is 0 Å². The highest BCUT2D eigenvalue weighted by molar-refractivity contribution is 7.10. The van der Waals surface area contributed by atoms with E-state index in [4.69, 9.17) is 17.4 Å². The van der Waals surface area contributed by atoms with Gasteiger partial charge in [-0.1, -0.05) is 11.6 Å². The summed E-state index contributed by atoms with van der Waals surface area (Å²) in [5, 5.41) is 7.06. The van der Waals surface area contributed by atoms with Crippen LogP contribution in [0.15, 0.2) is 28.3 Å². The molecule has 2 nitrogen and oxygen atoms in total. The second-order valence-corrected chi connectivity index (χ2v) is 5.66. The molecule has 0 fully saturated rings. The molecule has 3 N–H and O–H groups in total. The summed E-state index contributed by atoms with van der Waals surface area (Å²) in [6, 6.07) is 4.21. The molecule has 1 unspecified atom stereocenters. The van der Waals surface area contributed by atoms with Crippen LogP contribution < -0.4 is 11.3 Å². The van der Waals surface area contributed by atoms with Gasteiger partial charge in [0.05, 0.1) is 11.1 Å². The van der Waals surface area contributed by atoms with Crippen LogP contribution in [-0.4, -0.2) is 0 Å². The Morgan fingerprint density at radius 1 is 1.38 bits per heavy atom. The minimum atomic E-state index is 0.146. The summed E-state index contributed by atoms with van der Waals surface area (Å²) in [4.78, 5) is 1.12. The zero-order valence-electron chi connectivity index (χ0n) is 8.65. The Labute approximate surface area is 108 Å². The molecule has 1 atom stereocenters. The molecular formula is C11H13ClN2S2. The molecule has 0 aliphatic carbocycles. The molecule has 2 aromatic heterocycles. The molecule has 86 valence electrons. The number of hydrogen-bond acceptors (Lipinski definition) is 4. The Hall–Kier alpha value is -0.390. The first-order valence-electron chi connectivity index (χ1n) is 5.01. The Morgan fingerprint density at radius 2 is 2.25 bits per heavy atom. The van der Waals surface area contributed by atoms with Crippen molar-refractivity contribution in [3.8, 4) is 0 Å². The normalized spacial score (nSPS) is 12.9. The van der Waals surface area contributed by atoms with Gasteiger partial charge in [0.15, 0.2) is 0 Å². The number of nitrogens with two attached hydrogens (primary N) is 1. The van der Waals surface area contributed by atoms with E-state index in [1.807, 2.05) is 11.4 Å². The van der Waals surface area contributed by atoms with Crippen molar-refractivity contribution in [3.63, 3.8) is 0 Å². The third-order valence-electron chi connectivity index (χ3n) is 2.46. The van der Waals surface area contributed by atoms with Gasteiger partial charge in [0.2, 0.25) is 0 Å². The Bertz CT molecular complexity index is 425. The maximum absolute atomic E-state index is 6.09. The SMILES string of the molecule is NNC(CCc1ccsc1)c1sccc1Cl. The number of rotatable bonds is 5. The van der Waals surface area contributed by atoms with Crippen molar-refractivity contribution in [2.24, 2.45) is 5.84 Å². The molecule has 2 aromatic rings. The summed E-state index contributed by atoms with van der Waals surface area (Å²) in [5.74, 6) is 5.57. The molecule has 2 rings (SSSR count). The monoisotopic (exact) mass is 272 g/mol. The Morgan fingerprint density at radius 3 is 2.81 bits per heavy atom. The molecule has 0 aromatic carbocycles. The summed E-state index contributed by atoms with van der Waals surface area (Å²) in [6.07, 6.45) is 1.99. The zero-order chi connectivity index (χ0) is 11.4. The highest BCUT2D eigenvalue weighted by Crippen LogP contribution is 2.30. The number of hydrazine groups is 1. The van der Waals surface area contributed by atoms with Gasteiger partial charge in [0.1, 0.15) is 0 Å². The van der Waals surface area contributed by atoms with Gasteiger partial charge < -0.3 is 0 Å². The topological polar surface area (TPSA) is 38.0 Å². The molecule has 5 heteroatoms. The van der Waals surface area contributed by atoms with E-state index in [1.165, 1.54) is 5.56 Å². The molecular weight excluding hydrogens is 260 g/mol. The van der Waals surface area contributed by atoms with E-state index in [0.29, 0.717) is 0 Å². The van der Waals surface area contributed by atoms with Gasteiger partial charge >= 0.3 is 0 Å². The first-order chi connectivity index (χ1) is 7.81. The summed E-state index contributed by atoms with van der Waals surface area (Å²) >= 11 is 9.46. The molecule has 2 heterocycles. The van der Waals surface area contributed by atoms with Crippen molar-refractivity contribution in [2.45, 2.75) is 18.9 Å². The van der Waals surface area contributed by atoms with Crippen LogP contribution in [0.4, 0.5) is 0 Å². The second-order valence-electron chi connectivity index (χ2n) is 3.52. The first-order valence-corrected chi connectivity index (χ1v) is 7.21. The first kappa shape index (κ1) is 12.1. The van der Waals surface area contributed by atoms with E-state index in [-0.39, 0.29) is 6.04 Å². The lowest BCUT2D eigenvalue weighted by Gasteiger charge is -2.14. The summed E-state index contributed by atoms with van der Waals surface area (Å²) in [5.41, 5.74) is 4.20. The van der Waals surface area contributed by atoms with Crippen molar-refractivity contribution < 1.29 is 0 Å². The summed E-state index contributed by atoms with van der Waals surface area (Å²) in [7, 11) is 0. The highest BCUT2D eigenvalue weighted by Gasteiger charge is 2.14. The predicted molar refractivity (Wildman–Crippen MR) is 72.0 cm³/mol. The van der Waals surface area contributed by atoms with Gasteiger partial charge in [0, 0.05) is 4.88 Å². The fourth-order valence-electron chi connectivity index (χ4n) is 1.59. The molecule has 0 bridgehead atoms. The van der Waals surface area contributed by atoms with Crippen LogP contribution in [0.5, 0.6) is 0 Å². The lowest BCUT2D eigenvalue weighted by atomic mass is 10.1. The van der Waals surface area contributed by atoms with Crippen LogP contribution in [0.3, 0.4) is 0 Å². The van der Waals surface area contributed by atoms with Crippen LogP contribution in [0.1, 0.15) is 22.9 Å². The van der Waals surface area contributed by atoms with E-state index in [9.17, 15) is 0 Å². The van der Waals surface area contributed by atoms with Crippen molar-refractivity contribution in [1.29, 1.82) is 0 Å². The van der Waals surface area contributed by atoms with Crippen molar-refractivity contribution in [1.82, 2.24) is 5.43 Å². The van der Waals surface area contributed by atoms with Crippen molar-refractivity contribution >= 4 is 34.3 Å². The fraction of sp³-hybridized carbons (Fsp3) is 0.273. The Kier molecular flexibility index (Phi) is 4.37.